The van der Waals surface area contributed by atoms with Gasteiger partial charge < -0.3 is 0 Å². The van der Waals surface area contributed by atoms with Gasteiger partial charge in [-0.25, -0.2) is 8.42 Å². The van der Waals surface area contributed by atoms with Crippen molar-refractivity contribution in [3.05, 3.63) is 53.0 Å². The van der Waals surface area contributed by atoms with Crippen molar-refractivity contribution >= 4 is 43.4 Å². The number of hydrogen-bond donors (Lipinski definition) is 1. The Morgan fingerprint density at radius 2 is 1.84 bits per heavy atom. The number of sulfonamides is 1. The van der Waals surface area contributed by atoms with Gasteiger partial charge in [0, 0.05) is 15.1 Å². The third-order valence-electron chi connectivity index (χ3n) is 2.43. The van der Waals surface area contributed by atoms with E-state index in [4.69, 9.17) is 0 Å². The van der Waals surface area contributed by atoms with E-state index in [2.05, 4.69) is 20.7 Å². The molecule has 6 heteroatoms. The lowest BCUT2D eigenvalue weighted by atomic mass is 10.3. The Labute approximate surface area is 125 Å². The van der Waals surface area contributed by atoms with Gasteiger partial charge in [-0.2, -0.15) is 0 Å². The van der Waals surface area contributed by atoms with Gasteiger partial charge in [-0.15, -0.1) is 11.8 Å². The van der Waals surface area contributed by atoms with Crippen molar-refractivity contribution in [3.8, 4) is 0 Å². The number of rotatable bonds is 4. The molecule has 3 nitrogen and oxygen atoms in total. The van der Waals surface area contributed by atoms with E-state index in [1.807, 2.05) is 18.4 Å². The molecule has 0 bridgehead atoms. The lowest BCUT2D eigenvalue weighted by Gasteiger charge is -2.09. The first-order valence-electron chi connectivity index (χ1n) is 5.44. The number of nitrogens with one attached hydrogen (secondary N) is 1. The quantitative estimate of drug-likeness (QED) is 0.842. The van der Waals surface area contributed by atoms with Gasteiger partial charge in [-0.1, -0.05) is 28.1 Å². The highest BCUT2D eigenvalue weighted by Gasteiger charge is 2.14. The monoisotopic (exact) mass is 357 g/mol. The molecule has 0 amide bonds. The Balaban J connectivity index is 2.31. The number of thioether (sulfide) groups is 1. The largest absolute Gasteiger partial charge is 0.280 e. The molecule has 0 aromatic heterocycles. The van der Waals surface area contributed by atoms with Crippen LogP contribution in [0.1, 0.15) is 0 Å². The van der Waals surface area contributed by atoms with E-state index in [9.17, 15) is 8.42 Å². The van der Waals surface area contributed by atoms with Gasteiger partial charge in [0.25, 0.3) is 10.0 Å². The van der Waals surface area contributed by atoms with Crippen LogP contribution in [0.4, 0.5) is 5.69 Å². The molecule has 0 saturated heterocycles. The standard InChI is InChI=1S/C13H12BrNO2S2/c1-18-12-6-3-5-11(9-12)15-19(16,17)13-7-2-4-10(14)8-13/h2-9,15H,1H3. The molecule has 2 aromatic rings. The maximum atomic E-state index is 12.2. The Bertz CT molecular complexity index is 687. The normalized spacial score (nSPS) is 11.3. The molecule has 2 aromatic carbocycles. The van der Waals surface area contributed by atoms with Crippen LogP contribution in [-0.2, 0) is 10.0 Å². The van der Waals surface area contributed by atoms with Crippen molar-refractivity contribution in [2.24, 2.45) is 0 Å². The Kier molecular flexibility index (Phi) is 4.54. The summed E-state index contributed by atoms with van der Waals surface area (Å²) in [5, 5.41) is 0. The lowest BCUT2D eigenvalue weighted by molar-refractivity contribution is 0.601. The average Bonchev–Trinajstić information content (AvgIpc) is 2.38. The Morgan fingerprint density at radius 1 is 1.11 bits per heavy atom. The van der Waals surface area contributed by atoms with Crippen molar-refractivity contribution in [2.45, 2.75) is 9.79 Å². The Morgan fingerprint density at radius 3 is 2.53 bits per heavy atom. The first kappa shape index (κ1) is 14.4. The molecule has 0 spiro atoms. The fourth-order valence-corrected chi connectivity index (χ4v) is 3.64. The maximum Gasteiger partial charge on any atom is 0.261 e. The maximum absolute atomic E-state index is 12.2. The summed E-state index contributed by atoms with van der Waals surface area (Å²) in [4.78, 5) is 1.24. The zero-order valence-electron chi connectivity index (χ0n) is 10.1. The van der Waals surface area contributed by atoms with Gasteiger partial charge in [0.1, 0.15) is 0 Å². The number of benzene rings is 2. The summed E-state index contributed by atoms with van der Waals surface area (Å²) >= 11 is 4.83. The van der Waals surface area contributed by atoms with Gasteiger partial charge in [0.05, 0.1) is 4.90 Å². The number of anilines is 1. The van der Waals surface area contributed by atoms with E-state index < -0.39 is 10.0 Å². The second-order valence-electron chi connectivity index (χ2n) is 3.79. The molecule has 0 unspecified atom stereocenters. The number of halogens is 1. The first-order valence-corrected chi connectivity index (χ1v) is 8.94. The van der Waals surface area contributed by atoms with Crippen molar-refractivity contribution in [1.29, 1.82) is 0 Å². The minimum atomic E-state index is -3.55. The van der Waals surface area contributed by atoms with Gasteiger partial charge >= 0.3 is 0 Å². The molecule has 100 valence electrons. The van der Waals surface area contributed by atoms with E-state index in [1.54, 1.807) is 48.2 Å². The molecule has 0 heterocycles. The van der Waals surface area contributed by atoms with Crippen LogP contribution in [0.3, 0.4) is 0 Å². The smallest absolute Gasteiger partial charge is 0.261 e. The molecule has 1 N–H and O–H groups in total. The second kappa shape index (κ2) is 5.98. The van der Waals surface area contributed by atoms with Crippen LogP contribution in [0.2, 0.25) is 0 Å². The highest BCUT2D eigenvalue weighted by Crippen LogP contribution is 2.22. The van der Waals surface area contributed by atoms with Crippen LogP contribution in [0.5, 0.6) is 0 Å². The highest BCUT2D eigenvalue weighted by molar-refractivity contribution is 9.10. The van der Waals surface area contributed by atoms with E-state index >= 15 is 0 Å². The summed E-state index contributed by atoms with van der Waals surface area (Å²) in [6.45, 7) is 0. The number of hydrogen-bond acceptors (Lipinski definition) is 3. The van der Waals surface area contributed by atoms with Gasteiger partial charge in [-0.05, 0) is 42.7 Å². The summed E-state index contributed by atoms with van der Waals surface area (Å²) < 4.78 is 27.7. The molecule has 0 saturated carbocycles. The van der Waals surface area contributed by atoms with E-state index in [0.717, 1.165) is 9.37 Å². The first-order chi connectivity index (χ1) is 9.01. The third kappa shape index (κ3) is 3.75. The summed E-state index contributed by atoms with van der Waals surface area (Å²) in [6, 6.07) is 13.9. The topological polar surface area (TPSA) is 46.2 Å². The highest BCUT2D eigenvalue weighted by atomic mass is 79.9. The van der Waals surface area contributed by atoms with E-state index in [-0.39, 0.29) is 4.90 Å². The van der Waals surface area contributed by atoms with Crippen molar-refractivity contribution < 1.29 is 8.42 Å². The fourth-order valence-electron chi connectivity index (χ4n) is 1.53. The molecule has 0 aliphatic carbocycles. The van der Waals surface area contributed by atoms with Crippen LogP contribution >= 0.6 is 27.7 Å². The minimum absolute atomic E-state index is 0.233. The minimum Gasteiger partial charge on any atom is -0.280 e. The molecule has 0 aliphatic rings. The SMILES string of the molecule is CSc1cccc(NS(=O)(=O)c2cccc(Br)c2)c1. The summed E-state index contributed by atoms with van der Waals surface area (Å²) in [5.74, 6) is 0. The van der Waals surface area contributed by atoms with E-state index in [0.29, 0.717) is 5.69 Å². The molecule has 0 radical (unpaired) electrons. The summed E-state index contributed by atoms with van der Waals surface area (Å²) in [7, 11) is -3.55. The van der Waals surface area contributed by atoms with Crippen LogP contribution in [0.15, 0.2) is 62.8 Å². The van der Waals surface area contributed by atoms with Gasteiger partial charge in [0.15, 0.2) is 0 Å². The third-order valence-corrected chi connectivity index (χ3v) is 5.03. The molecule has 0 atom stereocenters. The van der Waals surface area contributed by atoms with Crippen molar-refractivity contribution in [3.63, 3.8) is 0 Å². The van der Waals surface area contributed by atoms with Gasteiger partial charge in [-0.3, -0.25) is 4.72 Å². The van der Waals surface area contributed by atoms with Crippen molar-refractivity contribution in [1.82, 2.24) is 0 Å². The van der Waals surface area contributed by atoms with Crippen LogP contribution < -0.4 is 4.72 Å². The van der Waals surface area contributed by atoms with E-state index in [1.165, 1.54) is 0 Å². The molecule has 2 rings (SSSR count). The molecule has 0 fully saturated rings. The zero-order valence-corrected chi connectivity index (χ0v) is 13.3. The Hall–Kier alpha value is -0.980. The molecular weight excluding hydrogens is 346 g/mol. The lowest BCUT2D eigenvalue weighted by Crippen LogP contribution is -2.12. The van der Waals surface area contributed by atoms with Crippen LogP contribution in [0.25, 0.3) is 0 Å². The van der Waals surface area contributed by atoms with Crippen LogP contribution in [0, 0.1) is 0 Å². The second-order valence-corrected chi connectivity index (χ2v) is 7.27. The predicted molar refractivity (Wildman–Crippen MR) is 83.2 cm³/mol. The summed E-state index contributed by atoms with van der Waals surface area (Å²) in [6.07, 6.45) is 1.95. The molecular formula is C13H12BrNO2S2. The molecule has 0 aliphatic heterocycles. The average molecular weight is 358 g/mol. The van der Waals surface area contributed by atoms with Gasteiger partial charge in [0.2, 0.25) is 0 Å². The van der Waals surface area contributed by atoms with Crippen molar-refractivity contribution in [2.75, 3.05) is 11.0 Å². The predicted octanol–water partition coefficient (Wildman–Crippen LogP) is 3.97. The zero-order chi connectivity index (χ0) is 13.9. The van der Waals surface area contributed by atoms with Crippen LogP contribution in [-0.4, -0.2) is 14.7 Å². The molecule has 19 heavy (non-hydrogen) atoms. The fraction of sp³-hybridized carbons (Fsp3) is 0.0769. The summed E-state index contributed by atoms with van der Waals surface area (Å²) in [5.41, 5.74) is 0.562.